The number of nitrogens with zero attached hydrogens (tertiary/aromatic N) is 3. The number of hydrogen-bond donors (Lipinski definition) is 1. The third-order valence-corrected chi connectivity index (χ3v) is 4.23. The van der Waals surface area contributed by atoms with E-state index in [4.69, 9.17) is 4.98 Å². The quantitative estimate of drug-likeness (QED) is 0.846. The average Bonchev–Trinajstić information content (AvgIpc) is 3.19. The van der Waals surface area contributed by atoms with Crippen molar-refractivity contribution in [2.45, 2.75) is 38.8 Å². The highest BCUT2D eigenvalue weighted by molar-refractivity contribution is 7.09. The van der Waals surface area contributed by atoms with E-state index in [0.717, 1.165) is 31.1 Å². The lowest BCUT2D eigenvalue weighted by Crippen LogP contribution is -2.26. The highest BCUT2D eigenvalue weighted by atomic mass is 32.1. The highest BCUT2D eigenvalue weighted by Crippen LogP contribution is 2.32. The lowest BCUT2D eigenvalue weighted by Gasteiger charge is -2.23. The van der Waals surface area contributed by atoms with Crippen molar-refractivity contribution >= 4 is 23.0 Å². The van der Waals surface area contributed by atoms with Crippen LogP contribution in [0.3, 0.4) is 0 Å². The zero-order valence-electron chi connectivity index (χ0n) is 11.7. The third kappa shape index (κ3) is 3.28. The first-order valence-corrected chi connectivity index (χ1v) is 8.09. The van der Waals surface area contributed by atoms with E-state index in [0.29, 0.717) is 6.04 Å². The number of aromatic nitrogens is 2. The van der Waals surface area contributed by atoms with Gasteiger partial charge in [0.2, 0.25) is 0 Å². The molecule has 0 aliphatic heterocycles. The first-order chi connectivity index (χ1) is 9.86. The summed E-state index contributed by atoms with van der Waals surface area (Å²) in [6, 6.07) is 4.93. The molecule has 1 N–H and O–H groups in total. The maximum Gasteiger partial charge on any atom is 0.150 e. The molecule has 3 rings (SSSR count). The Labute approximate surface area is 123 Å². The largest absolute Gasteiger partial charge is 0.369 e. The molecule has 106 valence electrons. The van der Waals surface area contributed by atoms with E-state index in [1.807, 2.05) is 6.20 Å². The van der Waals surface area contributed by atoms with Crippen molar-refractivity contribution in [2.75, 3.05) is 16.8 Å². The smallest absolute Gasteiger partial charge is 0.150 e. The Balaban J connectivity index is 1.76. The van der Waals surface area contributed by atoms with Crippen LogP contribution in [0.4, 0.5) is 11.6 Å². The van der Waals surface area contributed by atoms with Crippen molar-refractivity contribution in [1.82, 2.24) is 9.97 Å². The summed E-state index contributed by atoms with van der Waals surface area (Å²) in [6.45, 7) is 4.03. The molecule has 5 heteroatoms. The predicted octanol–water partition coefficient (Wildman–Crippen LogP) is 3.53. The molecule has 1 fully saturated rings. The van der Waals surface area contributed by atoms with Gasteiger partial charge in [-0.25, -0.2) is 4.98 Å². The van der Waals surface area contributed by atoms with Gasteiger partial charge < -0.3 is 10.2 Å². The molecule has 0 unspecified atom stereocenters. The summed E-state index contributed by atoms with van der Waals surface area (Å²) in [5, 5.41) is 5.44. The van der Waals surface area contributed by atoms with Gasteiger partial charge in [0, 0.05) is 17.5 Å². The summed E-state index contributed by atoms with van der Waals surface area (Å²) >= 11 is 1.80. The van der Waals surface area contributed by atoms with Gasteiger partial charge in [-0.2, -0.15) is 0 Å². The van der Waals surface area contributed by atoms with E-state index in [2.05, 4.69) is 39.6 Å². The van der Waals surface area contributed by atoms with Crippen LogP contribution in [-0.4, -0.2) is 22.6 Å². The van der Waals surface area contributed by atoms with E-state index >= 15 is 0 Å². The van der Waals surface area contributed by atoms with E-state index in [1.54, 1.807) is 17.5 Å². The Hall–Kier alpha value is -1.62. The molecule has 1 aliphatic carbocycles. The number of rotatable bonds is 7. The van der Waals surface area contributed by atoms with Crippen LogP contribution >= 0.6 is 11.3 Å². The van der Waals surface area contributed by atoms with Crippen LogP contribution in [0, 0.1) is 0 Å². The third-order valence-electron chi connectivity index (χ3n) is 3.37. The highest BCUT2D eigenvalue weighted by Gasteiger charge is 2.30. The van der Waals surface area contributed by atoms with E-state index < -0.39 is 0 Å². The monoisotopic (exact) mass is 288 g/mol. The molecule has 2 aromatic heterocycles. The lowest BCUT2D eigenvalue weighted by molar-refractivity contribution is 0.782. The lowest BCUT2D eigenvalue weighted by atomic mass is 10.4. The topological polar surface area (TPSA) is 41.1 Å². The first-order valence-electron chi connectivity index (χ1n) is 7.21. The second-order valence-corrected chi connectivity index (χ2v) is 6.16. The molecular weight excluding hydrogens is 268 g/mol. The minimum Gasteiger partial charge on any atom is -0.369 e. The van der Waals surface area contributed by atoms with Crippen molar-refractivity contribution < 1.29 is 0 Å². The summed E-state index contributed by atoms with van der Waals surface area (Å²) in [4.78, 5) is 12.8. The van der Waals surface area contributed by atoms with Crippen molar-refractivity contribution in [1.29, 1.82) is 0 Å². The Kier molecular flexibility index (Phi) is 4.16. The minimum atomic E-state index is 0.632. The van der Waals surface area contributed by atoms with Gasteiger partial charge in [0.15, 0.2) is 0 Å². The standard InChI is InChI=1S/C15H20N4S/c1-2-7-17-14-9-16-10-15(18-14)19(12-5-6-12)11-13-4-3-8-20-13/h3-4,8-10,12H,2,5-7,11H2,1H3,(H,17,18). The van der Waals surface area contributed by atoms with Crippen LogP contribution in [0.2, 0.25) is 0 Å². The maximum absolute atomic E-state index is 4.71. The van der Waals surface area contributed by atoms with Crippen LogP contribution in [0.5, 0.6) is 0 Å². The molecule has 1 aliphatic rings. The van der Waals surface area contributed by atoms with Crippen molar-refractivity contribution in [3.05, 3.63) is 34.8 Å². The number of hydrogen-bond acceptors (Lipinski definition) is 5. The number of anilines is 2. The fourth-order valence-corrected chi connectivity index (χ4v) is 2.89. The molecule has 0 amide bonds. The molecule has 0 atom stereocenters. The van der Waals surface area contributed by atoms with Gasteiger partial charge in [-0.1, -0.05) is 13.0 Å². The van der Waals surface area contributed by atoms with Crippen molar-refractivity contribution in [2.24, 2.45) is 0 Å². The fraction of sp³-hybridized carbons (Fsp3) is 0.467. The van der Waals surface area contributed by atoms with Gasteiger partial charge in [0.25, 0.3) is 0 Å². The van der Waals surface area contributed by atoms with Gasteiger partial charge in [-0.3, -0.25) is 4.98 Å². The van der Waals surface area contributed by atoms with E-state index in [1.165, 1.54) is 17.7 Å². The molecule has 0 saturated heterocycles. The van der Waals surface area contributed by atoms with E-state index in [9.17, 15) is 0 Å². The molecular formula is C15H20N4S. The van der Waals surface area contributed by atoms with E-state index in [-0.39, 0.29) is 0 Å². The van der Waals surface area contributed by atoms with Gasteiger partial charge in [0.1, 0.15) is 11.6 Å². The Morgan fingerprint density at radius 2 is 2.30 bits per heavy atom. The van der Waals surface area contributed by atoms with Gasteiger partial charge in [-0.05, 0) is 30.7 Å². The van der Waals surface area contributed by atoms with Crippen LogP contribution in [0.1, 0.15) is 31.1 Å². The summed E-state index contributed by atoms with van der Waals surface area (Å²) in [5.41, 5.74) is 0. The average molecular weight is 288 g/mol. The number of nitrogens with one attached hydrogen (secondary N) is 1. The number of thiophene rings is 1. The molecule has 0 spiro atoms. The van der Waals surface area contributed by atoms with Crippen LogP contribution < -0.4 is 10.2 Å². The molecule has 1 saturated carbocycles. The summed E-state index contributed by atoms with van der Waals surface area (Å²) in [7, 11) is 0. The van der Waals surface area contributed by atoms with Crippen molar-refractivity contribution in [3.63, 3.8) is 0 Å². The normalized spacial score (nSPS) is 14.2. The van der Waals surface area contributed by atoms with Gasteiger partial charge >= 0.3 is 0 Å². The fourth-order valence-electron chi connectivity index (χ4n) is 2.19. The molecule has 0 bridgehead atoms. The second kappa shape index (κ2) is 6.22. The SMILES string of the molecule is CCCNc1cncc(N(Cc2cccs2)C2CC2)n1. The second-order valence-electron chi connectivity index (χ2n) is 5.13. The van der Waals surface area contributed by atoms with Gasteiger partial charge in [0.05, 0.1) is 18.9 Å². The Morgan fingerprint density at radius 3 is 3.00 bits per heavy atom. The molecule has 2 heterocycles. The zero-order chi connectivity index (χ0) is 13.8. The Morgan fingerprint density at radius 1 is 1.40 bits per heavy atom. The van der Waals surface area contributed by atoms with Crippen LogP contribution in [0.25, 0.3) is 0 Å². The summed E-state index contributed by atoms with van der Waals surface area (Å²) < 4.78 is 0. The van der Waals surface area contributed by atoms with Gasteiger partial charge in [-0.15, -0.1) is 11.3 Å². The molecule has 0 aromatic carbocycles. The minimum absolute atomic E-state index is 0.632. The molecule has 0 radical (unpaired) electrons. The zero-order valence-corrected chi connectivity index (χ0v) is 12.6. The molecule has 4 nitrogen and oxygen atoms in total. The molecule has 20 heavy (non-hydrogen) atoms. The van der Waals surface area contributed by atoms with Crippen LogP contribution in [-0.2, 0) is 6.54 Å². The van der Waals surface area contributed by atoms with Crippen molar-refractivity contribution in [3.8, 4) is 0 Å². The summed E-state index contributed by atoms with van der Waals surface area (Å²) in [6.07, 6.45) is 7.30. The first kappa shape index (κ1) is 13.4. The predicted molar refractivity (Wildman–Crippen MR) is 84.3 cm³/mol. The Bertz CT molecular complexity index is 537. The molecule has 2 aromatic rings. The summed E-state index contributed by atoms with van der Waals surface area (Å²) in [5.74, 6) is 1.86. The van der Waals surface area contributed by atoms with Crippen LogP contribution in [0.15, 0.2) is 29.9 Å². The maximum atomic E-state index is 4.71.